The molecule has 0 aromatic carbocycles. The summed E-state index contributed by atoms with van der Waals surface area (Å²) in [5.74, 6) is -3.53. The zero-order valence-corrected chi connectivity index (χ0v) is 44.9. The number of hydrogen-bond donors (Lipinski definition) is 11. The Morgan fingerprint density at radius 3 is 2.09 bits per heavy atom. The number of aryl methyl sites for hydroxylation is 1. The molecular formula is C35H51N12O26P5. The first-order valence-electron chi connectivity index (χ1n) is 22.4. The van der Waals surface area contributed by atoms with E-state index >= 15 is 0 Å². The number of phosphoric ester groups is 2. The molecule has 0 saturated carbocycles. The van der Waals surface area contributed by atoms with Crippen LogP contribution in [-0.4, -0.2) is 173 Å². The molecule has 8 rings (SSSR count). The molecule has 78 heavy (non-hydrogen) atoms. The van der Waals surface area contributed by atoms with Gasteiger partial charge in [-0.15, -0.1) is 0 Å². The van der Waals surface area contributed by atoms with E-state index in [1.54, 1.807) is 0 Å². The van der Waals surface area contributed by atoms with E-state index in [1.165, 1.54) is 29.6 Å². The van der Waals surface area contributed by atoms with Crippen LogP contribution in [0.2, 0.25) is 0 Å². The van der Waals surface area contributed by atoms with Crippen molar-refractivity contribution in [3.63, 3.8) is 0 Å². The number of H-pyrrole nitrogens is 2. The summed E-state index contributed by atoms with van der Waals surface area (Å²) in [7, 11) is -25.4. The van der Waals surface area contributed by atoms with Gasteiger partial charge in [-0.25, -0.2) is 42.1 Å². The number of methoxy groups -OCH3 is 2. The molecule has 0 aliphatic carbocycles. The molecule has 6 unspecified atom stereocenters. The van der Waals surface area contributed by atoms with Gasteiger partial charge in [0, 0.05) is 39.0 Å². The van der Waals surface area contributed by atoms with Crippen molar-refractivity contribution in [3.05, 3.63) is 62.4 Å². The molecule has 3 saturated heterocycles. The number of ether oxygens (including phenoxy) is 5. The standard InChI is InChI=1S/C35H51N12O26P5/c1-44-13-47(29-21(44)30(52)43-34(37)42-29)31-22(49)15(5-7-64-2)16(69-31)8-67-77(60,61)72-74(54,55)14-75(56,57)73-78(62,63)68-10-18-26(25(65-3)33(71-18)46-12-40-20-27(36)38-11-39-28(20)46)76(58,59)66-9-17-23(50)24(51)32(70-17)45-6-4-19(48)41-35(45)53/h4,6,11-13,15-18,22-26,31-33,49-51H,5,7-10,14H2,1-3H3,(H10-,36,37,38,39,41,42,43,48,52,53,54,55,56,57,58,59,60,61,62,63)/t15-,16-,17-,18?,22-,23-,24-,25-,26-,31-,32-,33-/m1/s1. The number of nitrogen functional groups attached to an aromatic ring is 2. The molecule has 5 aromatic rings. The first-order valence-corrected chi connectivity index (χ1v) is 30.6. The molecule has 5 aromatic heterocycles. The number of nitrogens with zero attached hydrogens (tertiary/aromatic N) is 8. The second kappa shape index (κ2) is 22.9. The van der Waals surface area contributed by atoms with Crippen LogP contribution < -0.4 is 37.7 Å². The second-order valence-electron chi connectivity index (χ2n) is 17.6. The zero-order valence-electron chi connectivity index (χ0n) is 40.4. The Hall–Kier alpha value is -4.39. The average molecular weight is 1210 g/mol. The molecule has 3 aliphatic rings. The van der Waals surface area contributed by atoms with Crippen molar-refractivity contribution in [1.82, 2.24) is 43.6 Å². The summed E-state index contributed by atoms with van der Waals surface area (Å²) in [6.45, 7) is -3.39. The second-order valence-corrected chi connectivity index (χ2v) is 26.9. The molecule has 38 nitrogen and oxygen atoms in total. The Labute approximate surface area is 435 Å². The fourth-order valence-corrected chi connectivity index (χ4v) is 17.5. The van der Waals surface area contributed by atoms with Crippen LogP contribution >= 0.6 is 38.4 Å². The molecule has 3 fully saturated rings. The van der Waals surface area contributed by atoms with E-state index in [-0.39, 0.29) is 47.1 Å². The SMILES string of the molecule is COCC[C@H]1[C@@H](O)[C@H]([n+]2cn(C)c3c(=O)[nH]c(N)nc32)O[C@@H]1COP(=O)(O)OP(=O)(O)CP(=O)(O)OP(=O)(O)OCC1O[C@@H](n2cnc3c(N)ncnc32)[C@H](OC)[C@@H]1P(=O)([O-])OC[C@H]1O[C@@H](n2ccc(=O)[nH]c2=O)[C@H](O)[C@@H]1O. The van der Waals surface area contributed by atoms with Gasteiger partial charge in [-0.2, -0.15) is 0 Å². The quantitative estimate of drug-likeness (QED) is 0.0220. The van der Waals surface area contributed by atoms with Crippen LogP contribution in [0.1, 0.15) is 25.1 Å². The van der Waals surface area contributed by atoms with E-state index in [4.69, 9.17) is 48.7 Å². The lowest BCUT2D eigenvalue weighted by Crippen LogP contribution is -2.45. The minimum atomic E-state index is -6.02. The molecule has 0 bridgehead atoms. The molecular weight excluding hydrogens is 1160 g/mol. The first-order chi connectivity index (χ1) is 36.5. The predicted molar refractivity (Wildman–Crippen MR) is 253 cm³/mol. The summed E-state index contributed by atoms with van der Waals surface area (Å²) in [6, 6.07) is 0.906. The summed E-state index contributed by atoms with van der Waals surface area (Å²) in [4.78, 5) is 113. The number of nitrogens with two attached hydrogens (primary N) is 2. The van der Waals surface area contributed by atoms with Crippen molar-refractivity contribution in [1.29, 1.82) is 0 Å². The van der Waals surface area contributed by atoms with Crippen LogP contribution in [0.3, 0.4) is 0 Å². The zero-order chi connectivity index (χ0) is 57.0. The number of aromatic amines is 2. The molecule has 3 aliphatic heterocycles. The van der Waals surface area contributed by atoms with Gasteiger partial charge in [0.25, 0.3) is 17.1 Å². The van der Waals surface area contributed by atoms with Crippen LogP contribution in [-0.2, 0) is 75.7 Å². The number of phosphoric acid groups is 2. The van der Waals surface area contributed by atoms with Crippen LogP contribution in [0.5, 0.6) is 0 Å². The highest BCUT2D eigenvalue weighted by Crippen LogP contribution is 2.70. The van der Waals surface area contributed by atoms with Gasteiger partial charge in [0.2, 0.25) is 11.7 Å². The van der Waals surface area contributed by atoms with E-state index in [9.17, 15) is 77.0 Å². The fourth-order valence-electron chi connectivity index (χ4n) is 9.00. The minimum Gasteiger partial charge on any atom is -0.778 e. The van der Waals surface area contributed by atoms with Crippen molar-refractivity contribution in [2.75, 3.05) is 58.0 Å². The highest BCUT2D eigenvalue weighted by atomic mass is 31.3. The maximum absolute atomic E-state index is 14.2. The van der Waals surface area contributed by atoms with Gasteiger partial charge in [-0.1, -0.05) is 4.98 Å². The minimum absolute atomic E-state index is 0.00138. The highest BCUT2D eigenvalue weighted by Gasteiger charge is 2.55. The molecule has 17 atom stereocenters. The van der Waals surface area contributed by atoms with Gasteiger partial charge in [0.05, 0.1) is 51.1 Å². The van der Waals surface area contributed by atoms with Gasteiger partial charge in [0.1, 0.15) is 50.0 Å². The Morgan fingerprint density at radius 2 is 1.45 bits per heavy atom. The molecule has 0 spiro atoms. The maximum atomic E-state index is 14.2. The molecule has 0 radical (unpaired) electrons. The third-order valence-corrected chi connectivity index (χ3v) is 21.7. The van der Waals surface area contributed by atoms with Crippen molar-refractivity contribution >= 4 is 72.5 Å². The third-order valence-electron chi connectivity index (χ3n) is 12.4. The molecule has 13 N–H and O–H groups in total. The topological polar surface area (TPSA) is 547 Å². The Balaban J connectivity index is 0.939. The van der Waals surface area contributed by atoms with Crippen LogP contribution in [0.25, 0.3) is 22.3 Å². The molecule has 432 valence electrons. The number of hydrogen-bond acceptors (Lipinski definition) is 28. The van der Waals surface area contributed by atoms with Gasteiger partial charge < -0.3 is 84.0 Å². The summed E-state index contributed by atoms with van der Waals surface area (Å²) in [5.41, 5.74) is 7.00. The summed E-state index contributed by atoms with van der Waals surface area (Å²) in [6.07, 6.45) is -12.1. The molecule has 43 heteroatoms. The number of aliphatic hydroxyl groups is 3. The van der Waals surface area contributed by atoms with E-state index in [0.29, 0.717) is 4.57 Å². The monoisotopic (exact) mass is 1210 g/mol. The van der Waals surface area contributed by atoms with E-state index < -0.39 is 154 Å². The number of fused-ring (bicyclic) bond motifs is 2. The summed E-state index contributed by atoms with van der Waals surface area (Å²) < 4.78 is 123. The van der Waals surface area contributed by atoms with Crippen molar-refractivity contribution in [2.24, 2.45) is 13.0 Å². The molecule has 0 amide bonds. The maximum Gasteiger partial charge on any atom is 0.479 e. The number of anilines is 2. The predicted octanol–water partition coefficient (Wildman–Crippen LogP) is -3.92. The lowest BCUT2D eigenvalue weighted by molar-refractivity contribution is -0.745. The number of aliphatic hydroxyl groups excluding tert-OH is 3. The summed E-state index contributed by atoms with van der Waals surface area (Å²) in [5, 5.41) is 32.8. The fraction of sp³-hybridized carbons (Fsp3) is 0.600. The third kappa shape index (κ3) is 12.7. The number of aromatic nitrogens is 10. The Bertz CT molecular complexity index is 3470. The normalized spacial score (nSPS) is 30.5. The van der Waals surface area contributed by atoms with Gasteiger partial charge in [-0.05, 0) is 6.42 Å². The first kappa shape index (κ1) is 59.7. The lowest BCUT2D eigenvalue weighted by Gasteiger charge is -2.35. The Morgan fingerprint density at radius 1 is 0.808 bits per heavy atom. The van der Waals surface area contributed by atoms with Gasteiger partial charge in [-0.3, -0.25) is 51.4 Å². The van der Waals surface area contributed by atoms with Crippen LogP contribution in [0.15, 0.2) is 45.6 Å². The molecule has 8 heterocycles. The van der Waals surface area contributed by atoms with E-state index in [1.807, 2.05) is 4.98 Å². The van der Waals surface area contributed by atoms with Crippen LogP contribution in [0, 0.1) is 5.92 Å². The number of imidazole rings is 2. The van der Waals surface area contributed by atoms with Gasteiger partial charge >= 0.3 is 42.2 Å². The van der Waals surface area contributed by atoms with E-state index in [2.05, 4.69) is 33.5 Å². The van der Waals surface area contributed by atoms with Crippen molar-refractivity contribution in [2.45, 2.75) is 73.5 Å². The number of nitrogens with one attached hydrogen (secondary N) is 2. The van der Waals surface area contributed by atoms with Gasteiger partial charge in [0.15, 0.2) is 36.2 Å². The average Bonchev–Trinajstić information content (AvgIpc) is 4.23. The highest BCUT2D eigenvalue weighted by molar-refractivity contribution is 7.76. The van der Waals surface area contributed by atoms with E-state index in [0.717, 1.165) is 36.6 Å². The van der Waals surface area contributed by atoms with Crippen molar-refractivity contribution in [3.8, 4) is 0 Å². The Kier molecular flexibility index (Phi) is 17.5. The smallest absolute Gasteiger partial charge is 0.479 e. The van der Waals surface area contributed by atoms with Crippen LogP contribution in [0.4, 0.5) is 11.8 Å². The van der Waals surface area contributed by atoms with Crippen molar-refractivity contribution < 1.29 is 113 Å². The largest absolute Gasteiger partial charge is 0.778 e. The number of rotatable bonds is 23. The lowest BCUT2D eigenvalue weighted by atomic mass is 9.95. The summed E-state index contributed by atoms with van der Waals surface area (Å²) >= 11 is 0.